The Balaban J connectivity index is 1.90. The molecule has 0 unspecified atom stereocenters. The normalized spacial score (nSPS) is 11.7. The molecule has 3 aromatic rings. The van der Waals surface area contributed by atoms with Gasteiger partial charge >= 0.3 is 0 Å². The minimum atomic E-state index is -0.801. The van der Waals surface area contributed by atoms with E-state index in [2.05, 4.69) is 35.8 Å². The van der Waals surface area contributed by atoms with Gasteiger partial charge in [-0.05, 0) is 30.5 Å². The van der Waals surface area contributed by atoms with Gasteiger partial charge in [-0.15, -0.1) is 10.2 Å². The van der Waals surface area contributed by atoms with Gasteiger partial charge in [0.2, 0.25) is 11.9 Å². The molecule has 0 saturated heterocycles. The minimum Gasteiger partial charge on any atom is -0.368 e. The highest BCUT2D eigenvalue weighted by atomic mass is 16.1. The van der Waals surface area contributed by atoms with E-state index in [0.29, 0.717) is 17.9 Å². The molecular weight excluding hydrogens is 398 g/mol. The molecule has 0 fully saturated rings. The number of amides is 2. The molecule has 3 rings (SSSR count). The summed E-state index contributed by atoms with van der Waals surface area (Å²) in [4.78, 5) is 36.3. The van der Waals surface area contributed by atoms with Crippen LogP contribution in [-0.2, 0) is 4.79 Å². The smallest absolute Gasteiger partial charge is 0.273 e. The Morgan fingerprint density at radius 2 is 1.81 bits per heavy atom. The van der Waals surface area contributed by atoms with E-state index in [1.807, 2.05) is 19.9 Å². The minimum absolute atomic E-state index is 0.0412. The van der Waals surface area contributed by atoms with Crippen LogP contribution >= 0.6 is 0 Å². The summed E-state index contributed by atoms with van der Waals surface area (Å²) in [7, 11) is 0. The van der Waals surface area contributed by atoms with Gasteiger partial charge in [-0.3, -0.25) is 9.59 Å². The number of hydrogen-bond donors (Lipinski definition) is 4. The summed E-state index contributed by atoms with van der Waals surface area (Å²) in [5, 5.41) is 13.6. The van der Waals surface area contributed by atoms with Crippen LogP contribution in [0.4, 0.5) is 17.5 Å². The summed E-state index contributed by atoms with van der Waals surface area (Å²) in [6.45, 7) is 3.92. The summed E-state index contributed by atoms with van der Waals surface area (Å²) in [5.74, 6) is -0.458. The molecule has 2 amide bonds. The number of carbonyl (C=O) groups is 2. The van der Waals surface area contributed by atoms with E-state index in [1.165, 1.54) is 0 Å². The van der Waals surface area contributed by atoms with E-state index in [0.717, 1.165) is 5.56 Å². The first-order chi connectivity index (χ1) is 14.8. The van der Waals surface area contributed by atoms with Crippen LogP contribution in [-0.4, -0.2) is 43.0 Å². The molecule has 31 heavy (non-hydrogen) atoms. The first-order valence-corrected chi connectivity index (χ1v) is 9.58. The maximum Gasteiger partial charge on any atom is 0.273 e. The summed E-state index contributed by atoms with van der Waals surface area (Å²) in [5.41, 5.74) is 12.1. The lowest BCUT2D eigenvalue weighted by Crippen LogP contribution is -2.37. The van der Waals surface area contributed by atoms with Crippen LogP contribution in [0.2, 0.25) is 0 Å². The zero-order valence-electron chi connectivity index (χ0n) is 17.1. The Morgan fingerprint density at radius 3 is 2.45 bits per heavy atom. The lowest BCUT2D eigenvalue weighted by molar-refractivity contribution is -0.119. The number of carbonyl (C=O) groups excluding carboxylic acids is 2. The zero-order chi connectivity index (χ0) is 22.4. The highest BCUT2D eigenvalue weighted by Gasteiger charge is 2.20. The number of aromatic nitrogens is 5. The highest BCUT2D eigenvalue weighted by molar-refractivity contribution is 5.96. The fraction of sp³-hybridized carbons (Fsp3) is 0.250. The van der Waals surface area contributed by atoms with Gasteiger partial charge in [0.1, 0.15) is 6.04 Å². The summed E-state index contributed by atoms with van der Waals surface area (Å²) < 4.78 is 0. The average Bonchev–Trinajstić information content (AvgIpc) is 2.74. The van der Waals surface area contributed by atoms with Gasteiger partial charge < -0.3 is 22.1 Å². The quantitative estimate of drug-likeness (QED) is 0.399. The topological polar surface area (TPSA) is 175 Å². The van der Waals surface area contributed by atoms with E-state index in [-0.39, 0.29) is 23.4 Å². The van der Waals surface area contributed by atoms with Crippen molar-refractivity contribution >= 4 is 29.3 Å². The number of rotatable bonds is 9. The predicted molar refractivity (Wildman–Crippen MR) is 115 cm³/mol. The molecule has 0 radical (unpaired) electrons. The van der Waals surface area contributed by atoms with Gasteiger partial charge in [0, 0.05) is 23.6 Å². The third-order valence-electron chi connectivity index (χ3n) is 4.22. The van der Waals surface area contributed by atoms with Gasteiger partial charge in [-0.2, -0.15) is 4.98 Å². The van der Waals surface area contributed by atoms with Crippen molar-refractivity contribution in [3.8, 4) is 11.4 Å². The van der Waals surface area contributed by atoms with E-state index >= 15 is 0 Å². The third-order valence-corrected chi connectivity index (χ3v) is 4.22. The van der Waals surface area contributed by atoms with Crippen molar-refractivity contribution in [2.75, 3.05) is 10.6 Å². The molecule has 160 valence electrons. The number of anilines is 3. The molecule has 1 atom stereocenters. The van der Waals surface area contributed by atoms with Gasteiger partial charge in [-0.1, -0.05) is 26.0 Å². The van der Waals surface area contributed by atoms with Crippen LogP contribution in [0.25, 0.3) is 11.4 Å². The van der Waals surface area contributed by atoms with Crippen LogP contribution in [0.1, 0.15) is 30.8 Å². The Kier molecular flexibility index (Phi) is 6.65. The Labute approximate surface area is 178 Å². The van der Waals surface area contributed by atoms with Crippen LogP contribution in [0.15, 0.2) is 42.7 Å². The number of nitrogens with zero attached hydrogens (tertiary/aromatic N) is 5. The number of nitrogens with one attached hydrogen (secondary N) is 2. The monoisotopic (exact) mass is 421 g/mol. The second-order valence-electron chi connectivity index (χ2n) is 7.20. The Morgan fingerprint density at radius 1 is 1.06 bits per heavy atom. The maximum atomic E-state index is 11.8. The van der Waals surface area contributed by atoms with Crippen molar-refractivity contribution in [3.63, 3.8) is 0 Å². The first-order valence-electron chi connectivity index (χ1n) is 9.58. The van der Waals surface area contributed by atoms with Gasteiger partial charge in [0.15, 0.2) is 17.3 Å². The molecule has 2 aromatic heterocycles. The Hall–Kier alpha value is -4.15. The van der Waals surface area contributed by atoms with Crippen molar-refractivity contribution in [1.82, 2.24) is 25.1 Å². The number of benzene rings is 1. The van der Waals surface area contributed by atoms with E-state index in [1.54, 1.807) is 36.7 Å². The van der Waals surface area contributed by atoms with E-state index in [9.17, 15) is 9.59 Å². The first kappa shape index (κ1) is 21.6. The largest absolute Gasteiger partial charge is 0.368 e. The SMILES string of the molecule is CC(C)C[C@@H](Nc1nnc(C(N)=O)c(Nc2cccc(-c3ncccn3)c2)n1)C(N)=O. The van der Waals surface area contributed by atoms with Crippen molar-refractivity contribution < 1.29 is 9.59 Å². The van der Waals surface area contributed by atoms with E-state index < -0.39 is 17.9 Å². The molecule has 0 saturated carbocycles. The number of nitrogens with two attached hydrogens (primary N) is 2. The van der Waals surface area contributed by atoms with Crippen LogP contribution < -0.4 is 22.1 Å². The molecular formula is C20H23N9O2. The van der Waals surface area contributed by atoms with Gasteiger partial charge in [0.25, 0.3) is 5.91 Å². The van der Waals surface area contributed by atoms with Crippen LogP contribution in [0, 0.1) is 5.92 Å². The number of primary amides is 2. The molecule has 0 aliphatic carbocycles. The lowest BCUT2D eigenvalue weighted by Gasteiger charge is -2.18. The fourth-order valence-electron chi connectivity index (χ4n) is 2.83. The van der Waals surface area contributed by atoms with Gasteiger partial charge in [-0.25, -0.2) is 9.97 Å². The predicted octanol–water partition coefficient (Wildman–Crippen LogP) is 1.48. The molecule has 0 spiro atoms. The summed E-state index contributed by atoms with van der Waals surface area (Å²) >= 11 is 0. The molecule has 0 aliphatic heterocycles. The second kappa shape index (κ2) is 9.57. The van der Waals surface area contributed by atoms with E-state index in [4.69, 9.17) is 11.5 Å². The summed E-state index contributed by atoms with van der Waals surface area (Å²) in [6, 6.07) is 8.26. The van der Waals surface area contributed by atoms with Crippen molar-refractivity contribution in [3.05, 3.63) is 48.4 Å². The zero-order valence-corrected chi connectivity index (χ0v) is 17.1. The molecule has 11 heteroatoms. The highest BCUT2D eigenvalue weighted by Crippen LogP contribution is 2.23. The molecule has 11 nitrogen and oxygen atoms in total. The lowest BCUT2D eigenvalue weighted by atomic mass is 10.0. The summed E-state index contributed by atoms with van der Waals surface area (Å²) in [6.07, 6.45) is 3.77. The molecule has 6 N–H and O–H groups in total. The van der Waals surface area contributed by atoms with Crippen molar-refractivity contribution in [2.24, 2.45) is 17.4 Å². The van der Waals surface area contributed by atoms with Crippen molar-refractivity contribution in [2.45, 2.75) is 26.3 Å². The second-order valence-corrected chi connectivity index (χ2v) is 7.20. The molecule has 0 aliphatic rings. The van der Waals surface area contributed by atoms with Crippen LogP contribution in [0.5, 0.6) is 0 Å². The average molecular weight is 421 g/mol. The molecule has 0 bridgehead atoms. The Bertz CT molecular complexity index is 1070. The van der Waals surface area contributed by atoms with Crippen LogP contribution in [0.3, 0.4) is 0 Å². The molecule has 2 heterocycles. The fourth-order valence-corrected chi connectivity index (χ4v) is 2.83. The number of hydrogen-bond acceptors (Lipinski definition) is 9. The molecule has 1 aromatic carbocycles. The van der Waals surface area contributed by atoms with Gasteiger partial charge in [0.05, 0.1) is 0 Å². The maximum absolute atomic E-state index is 11.8. The standard InChI is InChI=1S/C20H23N9O2/c1-11(2)9-14(16(21)30)26-20-27-19(15(17(22)31)28-29-20)25-13-6-3-5-12(10-13)18-23-7-4-8-24-18/h3-8,10-11,14H,9H2,1-2H3,(H2,21,30)(H2,22,31)(H2,25,26,27,29)/t14-/m1/s1. The third kappa shape index (κ3) is 5.69. The van der Waals surface area contributed by atoms with Crippen molar-refractivity contribution in [1.29, 1.82) is 0 Å².